The molecule has 1 fully saturated rings. The smallest absolute Gasteiger partial charge is 0.123 e. The van der Waals surface area contributed by atoms with Gasteiger partial charge in [-0.2, -0.15) is 0 Å². The van der Waals surface area contributed by atoms with Gasteiger partial charge in [-0.25, -0.2) is 4.39 Å². The Morgan fingerprint density at radius 2 is 2.31 bits per heavy atom. The summed E-state index contributed by atoms with van der Waals surface area (Å²) in [6, 6.07) is 6.75. The van der Waals surface area contributed by atoms with Gasteiger partial charge in [0, 0.05) is 19.7 Å². The second-order valence-corrected chi connectivity index (χ2v) is 4.56. The zero-order valence-corrected chi connectivity index (χ0v) is 9.40. The maximum atomic E-state index is 13.0. The minimum absolute atomic E-state index is 0.173. The van der Waals surface area contributed by atoms with Crippen molar-refractivity contribution in [1.82, 2.24) is 4.90 Å². The van der Waals surface area contributed by atoms with Crippen molar-refractivity contribution in [2.24, 2.45) is 5.92 Å². The maximum absolute atomic E-state index is 13.0. The van der Waals surface area contributed by atoms with E-state index in [1.807, 2.05) is 6.07 Å². The lowest BCUT2D eigenvalue weighted by atomic mass is 9.98. The number of benzene rings is 1. The molecule has 1 aliphatic rings. The Morgan fingerprint density at radius 1 is 1.44 bits per heavy atom. The van der Waals surface area contributed by atoms with Gasteiger partial charge in [-0.1, -0.05) is 12.1 Å². The second-order valence-electron chi connectivity index (χ2n) is 4.56. The topological polar surface area (TPSA) is 23.5 Å². The lowest BCUT2D eigenvalue weighted by Gasteiger charge is -2.31. The number of piperidine rings is 1. The van der Waals surface area contributed by atoms with Crippen molar-refractivity contribution in [2.75, 3.05) is 19.7 Å². The normalized spacial score (nSPS) is 22.2. The molecule has 0 saturated carbocycles. The maximum Gasteiger partial charge on any atom is 0.123 e. The van der Waals surface area contributed by atoms with Gasteiger partial charge in [-0.05, 0) is 43.0 Å². The van der Waals surface area contributed by atoms with E-state index in [1.54, 1.807) is 12.1 Å². The molecule has 2 nitrogen and oxygen atoms in total. The number of aliphatic hydroxyl groups excluding tert-OH is 1. The highest BCUT2D eigenvalue weighted by Gasteiger charge is 2.18. The predicted molar refractivity (Wildman–Crippen MR) is 61.5 cm³/mol. The van der Waals surface area contributed by atoms with Crippen LogP contribution in [0.25, 0.3) is 0 Å². The molecule has 0 amide bonds. The molecule has 1 aromatic carbocycles. The monoisotopic (exact) mass is 223 g/mol. The summed E-state index contributed by atoms with van der Waals surface area (Å²) in [5.41, 5.74) is 1.01. The Balaban J connectivity index is 1.94. The number of likely N-dealkylation sites (tertiary alicyclic amines) is 1. The van der Waals surface area contributed by atoms with Crippen molar-refractivity contribution in [3.8, 4) is 0 Å². The number of rotatable bonds is 3. The van der Waals surface area contributed by atoms with Gasteiger partial charge in [-0.15, -0.1) is 0 Å². The molecule has 0 bridgehead atoms. The molecule has 16 heavy (non-hydrogen) atoms. The van der Waals surface area contributed by atoms with Crippen LogP contribution in [0.4, 0.5) is 4.39 Å². The van der Waals surface area contributed by atoms with Crippen molar-refractivity contribution in [3.63, 3.8) is 0 Å². The van der Waals surface area contributed by atoms with Gasteiger partial charge in [-0.3, -0.25) is 4.90 Å². The standard InChI is InChI=1S/C13H18FNO/c14-13-5-1-3-11(7-13)8-15-6-2-4-12(9-15)10-16/h1,3,5,7,12,16H,2,4,6,8-10H2/t12-/m0/s1. The first kappa shape index (κ1) is 11.6. The molecule has 0 aliphatic carbocycles. The fourth-order valence-corrected chi connectivity index (χ4v) is 2.34. The van der Waals surface area contributed by atoms with Crippen molar-refractivity contribution in [3.05, 3.63) is 35.6 Å². The summed E-state index contributed by atoms with van der Waals surface area (Å²) < 4.78 is 13.0. The zero-order valence-electron chi connectivity index (χ0n) is 9.40. The summed E-state index contributed by atoms with van der Waals surface area (Å²) in [5.74, 6) is 0.218. The Kier molecular flexibility index (Phi) is 3.91. The molecule has 1 saturated heterocycles. The quantitative estimate of drug-likeness (QED) is 0.847. The summed E-state index contributed by atoms with van der Waals surface area (Å²) in [4.78, 5) is 2.29. The van der Waals surface area contributed by atoms with E-state index >= 15 is 0 Å². The van der Waals surface area contributed by atoms with E-state index in [-0.39, 0.29) is 12.4 Å². The predicted octanol–water partition coefficient (Wildman–Crippen LogP) is 2.03. The van der Waals surface area contributed by atoms with Crippen molar-refractivity contribution < 1.29 is 9.50 Å². The lowest BCUT2D eigenvalue weighted by molar-refractivity contribution is 0.116. The Labute approximate surface area is 95.7 Å². The summed E-state index contributed by atoms with van der Waals surface area (Å²) in [7, 11) is 0. The average Bonchev–Trinajstić information content (AvgIpc) is 2.29. The highest BCUT2D eigenvalue weighted by atomic mass is 19.1. The first-order valence-corrected chi connectivity index (χ1v) is 5.85. The third kappa shape index (κ3) is 3.03. The second kappa shape index (κ2) is 5.41. The highest BCUT2D eigenvalue weighted by Crippen LogP contribution is 2.18. The Morgan fingerprint density at radius 3 is 3.06 bits per heavy atom. The fourth-order valence-electron chi connectivity index (χ4n) is 2.34. The molecular formula is C13H18FNO. The lowest BCUT2D eigenvalue weighted by Crippen LogP contribution is -2.36. The average molecular weight is 223 g/mol. The molecule has 0 spiro atoms. The third-order valence-electron chi connectivity index (χ3n) is 3.16. The van der Waals surface area contributed by atoms with Crippen molar-refractivity contribution in [2.45, 2.75) is 19.4 Å². The molecule has 3 heteroatoms. The van der Waals surface area contributed by atoms with Gasteiger partial charge in [0.1, 0.15) is 5.82 Å². The first-order valence-electron chi connectivity index (χ1n) is 5.85. The molecule has 1 atom stereocenters. The molecule has 1 aliphatic heterocycles. The molecule has 0 aromatic heterocycles. The fraction of sp³-hybridized carbons (Fsp3) is 0.538. The molecule has 1 aromatic rings. The number of halogens is 1. The molecule has 0 radical (unpaired) electrons. The van der Waals surface area contributed by atoms with E-state index < -0.39 is 0 Å². The summed E-state index contributed by atoms with van der Waals surface area (Å²) in [5, 5.41) is 9.13. The van der Waals surface area contributed by atoms with E-state index in [4.69, 9.17) is 5.11 Å². The molecule has 1 N–H and O–H groups in total. The van der Waals surface area contributed by atoms with Crippen LogP contribution in [-0.4, -0.2) is 29.7 Å². The van der Waals surface area contributed by atoms with Crippen LogP contribution in [0.2, 0.25) is 0 Å². The van der Waals surface area contributed by atoms with Crippen molar-refractivity contribution in [1.29, 1.82) is 0 Å². The van der Waals surface area contributed by atoms with E-state index in [2.05, 4.69) is 4.90 Å². The zero-order chi connectivity index (χ0) is 11.4. The molecule has 0 unspecified atom stereocenters. The summed E-state index contributed by atoms with van der Waals surface area (Å²) in [6.45, 7) is 3.02. The van der Waals surface area contributed by atoms with Crippen LogP contribution < -0.4 is 0 Å². The van der Waals surface area contributed by atoms with Crippen LogP contribution in [0.5, 0.6) is 0 Å². The van der Waals surface area contributed by atoms with Gasteiger partial charge in [0.15, 0.2) is 0 Å². The minimum atomic E-state index is -0.173. The van der Waals surface area contributed by atoms with Crippen LogP contribution in [-0.2, 0) is 6.54 Å². The first-order chi connectivity index (χ1) is 7.78. The van der Waals surface area contributed by atoms with Gasteiger partial charge in [0.2, 0.25) is 0 Å². The van der Waals surface area contributed by atoms with Crippen LogP contribution in [0.1, 0.15) is 18.4 Å². The largest absolute Gasteiger partial charge is 0.396 e. The van der Waals surface area contributed by atoms with Gasteiger partial charge >= 0.3 is 0 Å². The third-order valence-corrected chi connectivity index (χ3v) is 3.16. The molecule has 88 valence electrons. The van der Waals surface area contributed by atoms with Crippen molar-refractivity contribution >= 4 is 0 Å². The molecule has 2 rings (SSSR count). The van der Waals surface area contributed by atoms with E-state index in [9.17, 15) is 4.39 Å². The number of hydrogen-bond donors (Lipinski definition) is 1. The molecule has 1 heterocycles. The number of hydrogen-bond acceptors (Lipinski definition) is 2. The van der Waals surface area contributed by atoms with Crippen LogP contribution in [0.15, 0.2) is 24.3 Å². The number of aliphatic hydroxyl groups is 1. The SMILES string of the molecule is OC[C@H]1CCCN(Cc2cccc(F)c2)C1. The highest BCUT2D eigenvalue weighted by molar-refractivity contribution is 5.16. The summed E-state index contributed by atoms with van der Waals surface area (Å²) in [6.07, 6.45) is 2.23. The minimum Gasteiger partial charge on any atom is -0.396 e. The van der Waals surface area contributed by atoms with Crippen LogP contribution in [0.3, 0.4) is 0 Å². The van der Waals surface area contributed by atoms with Gasteiger partial charge in [0.05, 0.1) is 0 Å². The van der Waals surface area contributed by atoms with E-state index in [0.29, 0.717) is 5.92 Å². The Hall–Kier alpha value is -0.930. The van der Waals surface area contributed by atoms with Crippen LogP contribution >= 0.6 is 0 Å². The Bertz CT molecular complexity index is 342. The molecular weight excluding hydrogens is 205 g/mol. The summed E-state index contributed by atoms with van der Waals surface area (Å²) >= 11 is 0. The van der Waals surface area contributed by atoms with Gasteiger partial charge < -0.3 is 5.11 Å². The van der Waals surface area contributed by atoms with Gasteiger partial charge in [0.25, 0.3) is 0 Å². The van der Waals surface area contributed by atoms with Crippen LogP contribution in [0, 0.1) is 11.7 Å². The van der Waals surface area contributed by atoms with E-state index in [0.717, 1.165) is 38.0 Å². The van der Waals surface area contributed by atoms with E-state index in [1.165, 1.54) is 6.07 Å². The number of nitrogens with zero attached hydrogens (tertiary/aromatic N) is 1.